The molecule has 0 saturated carbocycles. The molecule has 1 aliphatic heterocycles. The molecule has 24 heavy (non-hydrogen) atoms. The lowest BCUT2D eigenvalue weighted by Gasteiger charge is -2.44. The Morgan fingerprint density at radius 2 is 1.75 bits per heavy atom. The zero-order chi connectivity index (χ0) is 16.8. The number of hydrogen-bond acceptors (Lipinski definition) is 1. The third kappa shape index (κ3) is 3.38. The van der Waals surface area contributed by atoms with Gasteiger partial charge in [0.05, 0.1) is 11.7 Å². The van der Waals surface area contributed by atoms with Crippen LogP contribution in [0.4, 0.5) is 5.69 Å². The first kappa shape index (κ1) is 16.0. The lowest BCUT2D eigenvalue weighted by molar-refractivity contribution is 0.651. The van der Waals surface area contributed by atoms with Gasteiger partial charge in [0.2, 0.25) is 0 Å². The lowest BCUT2D eigenvalue weighted by Crippen LogP contribution is -2.46. The molecule has 0 aromatic heterocycles. The smallest absolute Gasteiger partial charge is 0.112 e. The molecule has 1 atom stereocenters. The number of para-hydroxylation sites is 1. The van der Waals surface area contributed by atoms with Gasteiger partial charge in [-0.05, 0) is 36.8 Å². The van der Waals surface area contributed by atoms with E-state index in [0.717, 1.165) is 18.0 Å². The highest BCUT2D eigenvalue weighted by atomic mass is 15.3. The van der Waals surface area contributed by atoms with Gasteiger partial charge in [-0.3, -0.25) is 0 Å². The molecule has 1 unspecified atom stereocenters. The standard InChI is InChI=1S/C22H22N2/c1-3-5-14-19(4-2)23-22-17-21(18-12-8-6-9-13-18)24(22)20-15-10-7-11-16-20/h3-16,21H,2,17H2,1H3/b5-3-,19-14+,23-22+. The molecular formula is C22H22N2. The predicted octanol–water partition coefficient (Wildman–Crippen LogP) is 5.68. The van der Waals surface area contributed by atoms with E-state index >= 15 is 0 Å². The van der Waals surface area contributed by atoms with Crippen LogP contribution in [0.25, 0.3) is 0 Å². The first-order valence-corrected chi connectivity index (χ1v) is 8.25. The molecule has 0 bridgehead atoms. The van der Waals surface area contributed by atoms with Crippen molar-refractivity contribution in [2.24, 2.45) is 4.99 Å². The number of allylic oxidation sites excluding steroid dienone is 4. The zero-order valence-corrected chi connectivity index (χ0v) is 14.0. The maximum Gasteiger partial charge on any atom is 0.112 e. The summed E-state index contributed by atoms with van der Waals surface area (Å²) in [6.45, 7) is 5.87. The third-order valence-corrected chi connectivity index (χ3v) is 4.11. The van der Waals surface area contributed by atoms with Gasteiger partial charge in [-0.2, -0.15) is 0 Å². The average Bonchev–Trinajstić information content (AvgIpc) is 2.62. The molecule has 0 radical (unpaired) electrons. The van der Waals surface area contributed by atoms with E-state index in [0.29, 0.717) is 6.04 Å². The van der Waals surface area contributed by atoms with Crippen LogP contribution in [-0.2, 0) is 0 Å². The molecule has 2 nitrogen and oxygen atoms in total. The second kappa shape index (κ2) is 7.60. The maximum atomic E-state index is 4.81. The van der Waals surface area contributed by atoms with Crippen molar-refractivity contribution in [1.29, 1.82) is 0 Å². The molecule has 120 valence electrons. The summed E-state index contributed by atoms with van der Waals surface area (Å²) < 4.78 is 0. The van der Waals surface area contributed by atoms with Gasteiger partial charge in [0, 0.05) is 12.1 Å². The predicted molar refractivity (Wildman–Crippen MR) is 103 cm³/mol. The summed E-state index contributed by atoms with van der Waals surface area (Å²) in [6.07, 6.45) is 8.69. The van der Waals surface area contributed by atoms with Crippen molar-refractivity contribution in [3.63, 3.8) is 0 Å². The van der Waals surface area contributed by atoms with E-state index in [2.05, 4.69) is 66.1 Å². The fraction of sp³-hybridized carbons (Fsp3) is 0.136. The zero-order valence-electron chi connectivity index (χ0n) is 14.0. The molecule has 1 fully saturated rings. The van der Waals surface area contributed by atoms with Crippen molar-refractivity contribution in [3.05, 3.63) is 103 Å². The van der Waals surface area contributed by atoms with Crippen LogP contribution in [0, 0.1) is 0 Å². The van der Waals surface area contributed by atoms with Crippen LogP contribution in [0.1, 0.15) is 24.9 Å². The molecule has 1 aliphatic rings. The summed E-state index contributed by atoms with van der Waals surface area (Å²) in [7, 11) is 0. The minimum absolute atomic E-state index is 0.333. The highest BCUT2D eigenvalue weighted by Gasteiger charge is 2.36. The third-order valence-electron chi connectivity index (χ3n) is 4.11. The Kier molecular flexibility index (Phi) is 5.07. The summed E-state index contributed by atoms with van der Waals surface area (Å²) in [5, 5.41) is 0. The van der Waals surface area contributed by atoms with E-state index < -0.39 is 0 Å². The Hall–Kier alpha value is -2.87. The number of aliphatic imine (C=N–C) groups is 1. The second-order valence-electron chi connectivity index (χ2n) is 5.69. The molecule has 2 heteroatoms. The van der Waals surface area contributed by atoms with Crippen LogP contribution in [-0.4, -0.2) is 5.84 Å². The summed E-state index contributed by atoms with van der Waals surface area (Å²) in [5.74, 6) is 1.07. The normalized spacial score (nSPS) is 19.5. The Balaban J connectivity index is 1.95. The summed E-state index contributed by atoms with van der Waals surface area (Å²) in [5.41, 5.74) is 3.37. The molecule has 1 saturated heterocycles. The van der Waals surface area contributed by atoms with Crippen molar-refractivity contribution in [3.8, 4) is 0 Å². The van der Waals surface area contributed by atoms with E-state index in [4.69, 9.17) is 4.99 Å². The molecule has 0 spiro atoms. The van der Waals surface area contributed by atoms with Crippen LogP contribution in [0.3, 0.4) is 0 Å². The summed E-state index contributed by atoms with van der Waals surface area (Å²) in [6, 6.07) is 21.4. The largest absolute Gasteiger partial charge is 0.322 e. The fourth-order valence-corrected chi connectivity index (χ4v) is 2.88. The summed E-state index contributed by atoms with van der Waals surface area (Å²) >= 11 is 0. The second-order valence-corrected chi connectivity index (χ2v) is 5.69. The molecule has 2 aromatic carbocycles. The maximum absolute atomic E-state index is 4.81. The topological polar surface area (TPSA) is 15.6 Å². The van der Waals surface area contributed by atoms with Gasteiger partial charge in [0.15, 0.2) is 0 Å². The Morgan fingerprint density at radius 3 is 2.38 bits per heavy atom. The highest BCUT2D eigenvalue weighted by molar-refractivity contribution is 6.05. The van der Waals surface area contributed by atoms with E-state index in [1.165, 1.54) is 11.3 Å². The molecule has 0 aliphatic carbocycles. The quantitative estimate of drug-likeness (QED) is 0.648. The molecule has 2 aromatic rings. The SMILES string of the molecule is C=CC(=C\C=C/C)/N=C1\CC(c2ccccc2)N1c1ccccc1. The Bertz CT molecular complexity index is 770. The molecular weight excluding hydrogens is 292 g/mol. The highest BCUT2D eigenvalue weighted by Crippen LogP contribution is 2.39. The van der Waals surface area contributed by atoms with Crippen LogP contribution in [0.2, 0.25) is 0 Å². The number of anilines is 1. The average molecular weight is 314 g/mol. The van der Waals surface area contributed by atoms with E-state index in [-0.39, 0.29) is 0 Å². The van der Waals surface area contributed by atoms with Crippen molar-refractivity contribution < 1.29 is 0 Å². The fourth-order valence-electron chi connectivity index (χ4n) is 2.88. The number of rotatable bonds is 5. The van der Waals surface area contributed by atoms with Crippen molar-refractivity contribution >= 4 is 11.5 Å². The van der Waals surface area contributed by atoms with E-state index in [1.54, 1.807) is 6.08 Å². The van der Waals surface area contributed by atoms with Gasteiger partial charge in [0.25, 0.3) is 0 Å². The van der Waals surface area contributed by atoms with Crippen molar-refractivity contribution in [2.75, 3.05) is 4.90 Å². The minimum atomic E-state index is 0.333. The number of benzene rings is 2. The summed E-state index contributed by atoms with van der Waals surface area (Å²) in [4.78, 5) is 7.11. The number of nitrogens with zero attached hydrogens (tertiary/aromatic N) is 2. The monoisotopic (exact) mass is 314 g/mol. The Morgan fingerprint density at radius 1 is 1.08 bits per heavy atom. The van der Waals surface area contributed by atoms with Gasteiger partial charge < -0.3 is 4.90 Å². The first-order chi connectivity index (χ1) is 11.8. The van der Waals surface area contributed by atoms with Crippen molar-refractivity contribution in [2.45, 2.75) is 19.4 Å². The van der Waals surface area contributed by atoms with Crippen molar-refractivity contribution in [1.82, 2.24) is 0 Å². The van der Waals surface area contributed by atoms with Crippen LogP contribution in [0.5, 0.6) is 0 Å². The molecule has 0 amide bonds. The Labute approximate surface area is 144 Å². The van der Waals surface area contributed by atoms with Gasteiger partial charge in [-0.25, -0.2) is 4.99 Å². The minimum Gasteiger partial charge on any atom is -0.322 e. The lowest BCUT2D eigenvalue weighted by atomic mass is 9.92. The van der Waals surface area contributed by atoms with Crippen LogP contribution in [0.15, 0.2) is 102 Å². The number of hydrogen-bond donors (Lipinski definition) is 0. The van der Waals surface area contributed by atoms with E-state index in [9.17, 15) is 0 Å². The van der Waals surface area contributed by atoms with Gasteiger partial charge in [-0.1, -0.05) is 67.3 Å². The van der Waals surface area contributed by atoms with E-state index in [1.807, 2.05) is 31.2 Å². The van der Waals surface area contributed by atoms with Gasteiger partial charge in [0.1, 0.15) is 5.84 Å². The van der Waals surface area contributed by atoms with Gasteiger partial charge >= 0.3 is 0 Å². The molecule has 3 rings (SSSR count). The van der Waals surface area contributed by atoms with Crippen LogP contribution >= 0.6 is 0 Å². The number of amidine groups is 1. The first-order valence-electron chi connectivity index (χ1n) is 8.25. The molecule has 0 N–H and O–H groups in total. The van der Waals surface area contributed by atoms with Gasteiger partial charge in [-0.15, -0.1) is 0 Å². The van der Waals surface area contributed by atoms with Crippen LogP contribution < -0.4 is 4.90 Å². The molecule has 1 heterocycles.